The Balaban J connectivity index is 0.00000147. The van der Waals surface area contributed by atoms with Gasteiger partial charge in [0.25, 0.3) is 0 Å². The minimum absolute atomic E-state index is 0. The highest BCUT2D eigenvalue weighted by Gasteiger charge is 2.19. The van der Waals surface area contributed by atoms with E-state index in [9.17, 15) is 9.90 Å². The Morgan fingerprint density at radius 1 is 1.40 bits per heavy atom. The lowest BCUT2D eigenvalue weighted by atomic mass is 10.1. The summed E-state index contributed by atoms with van der Waals surface area (Å²) in [5, 5.41) is 12.1. The number of halogens is 2. The maximum absolute atomic E-state index is 11.3. The SMILES string of the molecule is Cl.NCc1nc2c(ccc3c[nH]c(Cl)cc32)c1C(=O)O. The second-order valence-electron chi connectivity index (χ2n) is 4.19. The zero-order valence-electron chi connectivity index (χ0n) is 10.2. The topological polar surface area (TPSA) is 92.0 Å². The van der Waals surface area contributed by atoms with Crippen LogP contribution < -0.4 is 5.73 Å². The Hall–Kier alpha value is -1.82. The fraction of sp³-hybridized carbons (Fsp3) is 0.0769. The summed E-state index contributed by atoms with van der Waals surface area (Å²) in [7, 11) is 0. The van der Waals surface area contributed by atoms with Gasteiger partial charge in [-0.15, -0.1) is 12.4 Å². The molecule has 104 valence electrons. The molecule has 0 atom stereocenters. The molecular weight excluding hydrogens is 301 g/mol. The van der Waals surface area contributed by atoms with Crippen LogP contribution in [0.4, 0.5) is 0 Å². The molecule has 0 aliphatic carbocycles. The number of aromatic amines is 1. The molecular formula is C13H11Cl2N3O2. The number of nitrogens with one attached hydrogen (secondary N) is 1. The zero-order valence-corrected chi connectivity index (χ0v) is 11.8. The number of H-pyrrole nitrogens is 1. The predicted octanol–water partition coefficient (Wildman–Crippen LogP) is 2.95. The number of nitrogens with two attached hydrogens (primary N) is 1. The van der Waals surface area contributed by atoms with Crippen LogP contribution >= 0.6 is 24.0 Å². The molecule has 0 amide bonds. The minimum Gasteiger partial charge on any atom is -0.478 e. The van der Waals surface area contributed by atoms with Crippen LogP contribution in [0.15, 0.2) is 24.4 Å². The lowest BCUT2D eigenvalue weighted by Crippen LogP contribution is -2.05. The lowest BCUT2D eigenvalue weighted by Gasteiger charge is -2.00. The molecule has 0 saturated carbocycles. The van der Waals surface area contributed by atoms with Gasteiger partial charge in [-0.25, -0.2) is 9.78 Å². The number of pyridine rings is 1. The molecule has 2 heterocycles. The quantitative estimate of drug-likeness (QED) is 0.634. The van der Waals surface area contributed by atoms with E-state index in [4.69, 9.17) is 17.3 Å². The number of rotatable bonds is 2. The van der Waals surface area contributed by atoms with Crippen molar-refractivity contribution in [3.05, 3.63) is 40.8 Å². The van der Waals surface area contributed by atoms with Crippen LogP contribution in [0.25, 0.3) is 21.7 Å². The summed E-state index contributed by atoms with van der Waals surface area (Å²) < 4.78 is 0. The maximum Gasteiger partial charge on any atom is 0.338 e. The average Bonchev–Trinajstić information content (AvgIpc) is 2.77. The normalized spacial score (nSPS) is 10.7. The summed E-state index contributed by atoms with van der Waals surface area (Å²) in [6.07, 6.45) is 1.76. The number of nitrogens with zero attached hydrogens (tertiary/aromatic N) is 1. The molecule has 0 aliphatic heterocycles. The molecule has 0 unspecified atom stereocenters. The molecule has 7 heteroatoms. The molecule has 0 radical (unpaired) electrons. The Labute approximate surface area is 125 Å². The van der Waals surface area contributed by atoms with E-state index in [1.807, 2.05) is 6.07 Å². The number of carboxylic acids is 1. The van der Waals surface area contributed by atoms with Gasteiger partial charge in [-0.05, 0) is 6.07 Å². The van der Waals surface area contributed by atoms with E-state index < -0.39 is 5.97 Å². The maximum atomic E-state index is 11.3. The standard InChI is InChI=1S/C13H10ClN3O2.ClH/c14-10-3-8-6(5-16-10)1-2-7-11(13(18)19)9(4-15)17-12(7)8;/h1-3,5,16H,4,15H2,(H,18,19);1H. The third kappa shape index (κ3) is 2.10. The third-order valence-electron chi connectivity index (χ3n) is 3.10. The summed E-state index contributed by atoms with van der Waals surface area (Å²) in [5.41, 5.74) is 6.74. The first-order valence-corrected chi connectivity index (χ1v) is 6.02. The van der Waals surface area contributed by atoms with Gasteiger partial charge in [-0.1, -0.05) is 23.7 Å². The van der Waals surface area contributed by atoms with Gasteiger partial charge in [0.05, 0.1) is 16.8 Å². The average molecular weight is 312 g/mol. The van der Waals surface area contributed by atoms with E-state index in [-0.39, 0.29) is 24.5 Å². The molecule has 0 bridgehead atoms. The van der Waals surface area contributed by atoms with E-state index in [0.717, 1.165) is 10.8 Å². The van der Waals surface area contributed by atoms with E-state index in [2.05, 4.69) is 9.97 Å². The number of fused-ring (bicyclic) bond motifs is 3. The van der Waals surface area contributed by atoms with Crippen LogP contribution in [0.1, 0.15) is 16.1 Å². The van der Waals surface area contributed by atoms with Crippen molar-refractivity contribution < 1.29 is 9.90 Å². The molecule has 0 aliphatic rings. The smallest absolute Gasteiger partial charge is 0.338 e. The van der Waals surface area contributed by atoms with Crippen molar-refractivity contribution in [3.63, 3.8) is 0 Å². The first kappa shape index (κ1) is 14.6. The minimum atomic E-state index is -1.02. The molecule has 3 rings (SSSR count). The van der Waals surface area contributed by atoms with Gasteiger partial charge in [-0.3, -0.25) is 0 Å². The fourth-order valence-electron chi connectivity index (χ4n) is 2.27. The van der Waals surface area contributed by atoms with E-state index in [1.165, 1.54) is 0 Å². The Kier molecular flexibility index (Phi) is 3.85. The summed E-state index contributed by atoms with van der Waals surface area (Å²) in [5.74, 6) is -1.02. The fourth-order valence-corrected chi connectivity index (χ4v) is 2.43. The van der Waals surface area contributed by atoms with Crippen LogP contribution in [-0.4, -0.2) is 21.0 Å². The highest BCUT2D eigenvalue weighted by Crippen LogP contribution is 2.30. The third-order valence-corrected chi connectivity index (χ3v) is 3.32. The van der Waals surface area contributed by atoms with Gasteiger partial charge in [0, 0.05) is 28.9 Å². The van der Waals surface area contributed by atoms with E-state index >= 15 is 0 Å². The molecule has 0 spiro atoms. The monoisotopic (exact) mass is 311 g/mol. The summed E-state index contributed by atoms with van der Waals surface area (Å²) >= 11 is 5.94. The molecule has 1 aromatic carbocycles. The van der Waals surface area contributed by atoms with Crippen molar-refractivity contribution in [3.8, 4) is 0 Å². The first-order chi connectivity index (χ1) is 9.11. The number of hydrogen-bond acceptors (Lipinski definition) is 3. The van der Waals surface area contributed by atoms with Crippen LogP contribution in [0, 0.1) is 0 Å². The van der Waals surface area contributed by atoms with Crippen LogP contribution in [0.2, 0.25) is 5.15 Å². The number of aromatic carboxylic acids is 1. The molecule has 2 aromatic heterocycles. The van der Waals surface area contributed by atoms with E-state index in [0.29, 0.717) is 21.7 Å². The van der Waals surface area contributed by atoms with Gasteiger partial charge in [0.15, 0.2) is 0 Å². The second kappa shape index (κ2) is 5.28. The number of carboxylic acid groups (broad SMARTS) is 1. The molecule has 20 heavy (non-hydrogen) atoms. The lowest BCUT2D eigenvalue weighted by molar-refractivity contribution is 0.0698. The van der Waals surface area contributed by atoms with Crippen LogP contribution in [0.5, 0.6) is 0 Å². The number of carbonyl (C=O) groups is 1. The number of aromatic nitrogens is 2. The predicted molar refractivity (Wildman–Crippen MR) is 80.7 cm³/mol. The number of benzene rings is 1. The van der Waals surface area contributed by atoms with Crippen molar-refractivity contribution in [2.24, 2.45) is 5.73 Å². The molecule has 0 saturated heterocycles. The molecule has 3 aromatic rings. The van der Waals surface area contributed by atoms with Gasteiger partial charge in [0.1, 0.15) is 5.15 Å². The Bertz CT molecular complexity index is 814. The van der Waals surface area contributed by atoms with Crippen LogP contribution in [-0.2, 0) is 6.54 Å². The van der Waals surface area contributed by atoms with Crippen molar-refractivity contribution in [2.45, 2.75) is 6.54 Å². The first-order valence-electron chi connectivity index (χ1n) is 5.64. The highest BCUT2D eigenvalue weighted by atomic mass is 35.5. The molecule has 4 N–H and O–H groups in total. The highest BCUT2D eigenvalue weighted by molar-refractivity contribution is 6.30. The van der Waals surface area contributed by atoms with E-state index in [1.54, 1.807) is 18.3 Å². The van der Waals surface area contributed by atoms with Gasteiger partial charge in [0.2, 0.25) is 0 Å². The van der Waals surface area contributed by atoms with Gasteiger partial charge in [-0.2, -0.15) is 0 Å². The summed E-state index contributed by atoms with van der Waals surface area (Å²) in [6.45, 7) is 0.0878. The Morgan fingerprint density at radius 2 is 2.15 bits per heavy atom. The van der Waals surface area contributed by atoms with Crippen molar-refractivity contribution in [2.75, 3.05) is 0 Å². The van der Waals surface area contributed by atoms with Crippen molar-refractivity contribution in [1.29, 1.82) is 0 Å². The van der Waals surface area contributed by atoms with Crippen molar-refractivity contribution in [1.82, 2.24) is 9.97 Å². The largest absolute Gasteiger partial charge is 0.478 e. The van der Waals surface area contributed by atoms with Gasteiger partial charge >= 0.3 is 5.97 Å². The molecule has 5 nitrogen and oxygen atoms in total. The summed E-state index contributed by atoms with van der Waals surface area (Å²) in [6, 6.07) is 5.31. The number of hydrogen-bond donors (Lipinski definition) is 3. The van der Waals surface area contributed by atoms with Crippen LogP contribution in [0.3, 0.4) is 0 Å². The van der Waals surface area contributed by atoms with Crippen molar-refractivity contribution >= 4 is 51.7 Å². The second-order valence-corrected chi connectivity index (χ2v) is 4.60. The molecule has 0 fully saturated rings. The Morgan fingerprint density at radius 3 is 2.80 bits per heavy atom. The van der Waals surface area contributed by atoms with Gasteiger partial charge < -0.3 is 15.8 Å². The zero-order chi connectivity index (χ0) is 13.6. The summed E-state index contributed by atoms with van der Waals surface area (Å²) in [4.78, 5) is 18.6.